The van der Waals surface area contributed by atoms with Crippen LogP contribution in [-0.4, -0.2) is 44.8 Å². The van der Waals surface area contributed by atoms with Gasteiger partial charge in [-0.3, -0.25) is 4.99 Å². The Morgan fingerprint density at radius 3 is 2.63 bits per heavy atom. The Hall–Kier alpha value is -2.21. The molecule has 0 saturated carbocycles. The first-order chi connectivity index (χ1) is 13.1. The number of nitrogens with one attached hydrogen (secondary N) is 2. The van der Waals surface area contributed by atoms with Crippen molar-refractivity contribution in [1.29, 1.82) is 0 Å². The van der Waals surface area contributed by atoms with Gasteiger partial charge in [-0.1, -0.05) is 17.7 Å². The number of hydrogen-bond acceptors (Lipinski definition) is 4. The highest BCUT2D eigenvalue weighted by molar-refractivity contribution is 7.14. The van der Waals surface area contributed by atoms with E-state index in [-0.39, 0.29) is 6.10 Å². The number of guanidine groups is 1. The highest BCUT2D eigenvalue weighted by Crippen LogP contribution is 2.24. The molecular formula is C21H30N4OS. The number of nitrogens with zero attached hydrogens (tertiary/aromatic N) is 2. The zero-order valence-electron chi connectivity index (χ0n) is 16.4. The monoisotopic (exact) mass is 386 g/mol. The first-order valence-electron chi connectivity index (χ1n) is 9.63. The molecule has 6 heteroatoms. The van der Waals surface area contributed by atoms with E-state index in [1.807, 2.05) is 30.5 Å². The molecule has 0 radical (unpaired) electrons. The van der Waals surface area contributed by atoms with Gasteiger partial charge in [-0.05, 0) is 56.3 Å². The van der Waals surface area contributed by atoms with E-state index < -0.39 is 0 Å². The Labute approximate surface area is 166 Å². The minimum absolute atomic E-state index is 0.0620. The van der Waals surface area contributed by atoms with Gasteiger partial charge in [0.2, 0.25) is 0 Å². The number of aryl methyl sites for hydroxylation is 1. The van der Waals surface area contributed by atoms with Crippen molar-refractivity contribution in [3.8, 4) is 5.75 Å². The number of aliphatic imine (C=N–C) groups is 1. The predicted octanol–water partition coefficient (Wildman–Crippen LogP) is 3.66. The van der Waals surface area contributed by atoms with Crippen molar-refractivity contribution in [2.75, 3.05) is 31.6 Å². The summed E-state index contributed by atoms with van der Waals surface area (Å²) in [6.45, 7) is 7.03. The molecule has 2 aromatic rings. The largest absolute Gasteiger partial charge is 0.489 e. The predicted molar refractivity (Wildman–Crippen MR) is 115 cm³/mol. The van der Waals surface area contributed by atoms with Crippen LogP contribution < -0.4 is 20.3 Å². The van der Waals surface area contributed by atoms with Crippen LogP contribution in [-0.2, 0) is 0 Å². The second-order valence-corrected chi connectivity index (χ2v) is 7.98. The first-order valence-corrected chi connectivity index (χ1v) is 10.5. The maximum Gasteiger partial charge on any atom is 0.191 e. The minimum atomic E-state index is 0.0620. The zero-order chi connectivity index (χ0) is 19.1. The van der Waals surface area contributed by atoms with Gasteiger partial charge in [0, 0.05) is 26.2 Å². The smallest absolute Gasteiger partial charge is 0.191 e. The van der Waals surface area contributed by atoms with Gasteiger partial charge in [-0.25, -0.2) is 0 Å². The third kappa shape index (κ3) is 5.89. The highest BCUT2D eigenvalue weighted by Gasteiger charge is 2.20. The summed E-state index contributed by atoms with van der Waals surface area (Å²) in [6, 6.07) is 12.9. The van der Waals surface area contributed by atoms with Gasteiger partial charge in [0.05, 0.1) is 11.5 Å². The fourth-order valence-electron chi connectivity index (χ4n) is 3.21. The van der Waals surface area contributed by atoms with Gasteiger partial charge in [0.1, 0.15) is 11.9 Å². The molecule has 27 heavy (non-hydrogen) atoms. The minimum Gasteiger partial charge on any atom is -0.489 e. The van der Waals surface area contributed by atoms with Crippen LogP contribution in [0.2, 0.25) is 0 Å². The Kier molecular flexibility index (Phi) is 6.98. The lowest BCUT2D eigenvalue weighted by Gasteiger charge is -2.33. The van der Waals surface area contributed by atoms with E-state index >= 15 is 0 Å². The Bertz CT molecular complexity index is 706. The van der Waals surface area contributed by atoms with Crippen LogP contribution in [0, 0.1) is 6.92 Å². The van der Waals surface area contributed by atoms with Gasteiger partial charge in [0.25, 0.3) is 0 Å². The Morgan fingerprint density at radius 2 is 2.00 bits per heavy atom. The lowest BCUT2D eigenvalue weighted by molar-refractivity contribution is 0.223. The van der Waals surface area contributed by atoms with Crippen LogP contribution in [0.25, 0.3) is 0 Å². The average molecular weight is 387 g/mol. The fourth-order valence-corrected chi connectivity index (χ4v) is 4.00. The van der Waals surface area contributed by atoms with Crippen LogP contribution in [0.15, 0.2) is 46.8 Å². The lowest BCUT2D eigenvalue weighted by atomic mass is 10.1. The molecule has 0 aliphatic carbocycles. The summed E-state index contributed by atoms with van der Waals surface area (Å²) >= 11 is 1.82. The summed E-state index contributed by atoms with van der Waals surface area (Å²) in [6.07, 6.45) is 2.30. The van der Waals surface area contributed by atoms with Gasteiger partial charge in [0.15, 0.2) is 5.96 Å². The van der Waals surface area contributed by atoms with Crippen molar-refractivity contribution >= 4 is 22.3 Å². The number of thiophene rings is 1. The van der Waals surface area contributed by atoms with Crippen LogP contribution in [0.4, 0.5) is 5.00 Å². The van der Waals surface area contributed by atoms with E-state index in [2.05, 4.69) is 64.0 Å². The number of benzene rings is 1. The van der Waals surface area contributed by atoms with Gasteiger partial charge in [-0.15, -0.1) is 11.3 Å². The molecule has 1 atom stereocenters. The van der Waals surface area contributed by atoms with Gasteiger partial charge >= 0.3 is 0 Å². The molecule has 1 unspecified atom stereocenters. The van der Waals surface area contributed by atoms with Crippen LogP contribution >= 0.6 is 11.3 Å². The van der Waals surface area contributed by atoms with Crippen LogP contribution in [0.3, 0.4) is 0 Å². The van der Waals surface area contributed by atoms with Crippen LogP contribution in [0.1, 0.15) is 25.3 Å². The third-order valence-corrected chi connectivity index (χ3v) is 5.72. The van der Waals surface area contributed by atoms with Crippen molar-refractivity contribution < 1.29 is 4.74 Å². The molecule has 2 N–H and O–H groups in total. The van der Waals surface area contributed by atoms with E-state index in [1.54, 1.807) is 0 Å². The van der Waals surface area contributed by atoms with E-state index in [1.165, 1.54) is 10.6 Å². The molecule has 1 fully saturated rings. The molecule has 1 aliphatic rings. The van der Waals surface area contributed by atoms with Gasteiger partial charge in [-0.2, -0.15) is 0 Å². The molecule has 0 bridgehead atoms. The van der Waals surface area contributed by atoms with E-state index in [0.29, 0.717) is 12.6 Å². The molecule has 1 aromatic carbocycles. The Balaban J connectivity index is 1.40. The van der Waals surface area contributed by atoms with Crippen LogP contribution in [0.5, 0.6) is 5.75 Å². The zero-order valence-corrected chi connectivity index (χ0v) is 17.3. The second kappa shape index (κ2) is 9.65. The van der Waals surface area contributed by atoms with E-state index in [4.69, 9.17) is 4.74 Å². The summed E-state index contributed by atoms with van der Waals surface area (Å²) in [5.41, 5.74) is 1.24. The maximum absolute atomic E-state index is 5.96. The number of ether oxygens (including phenoxy) is 1. The van der Waals surface area contributed by atoms with Crippen molar-refractivity contribution in [2.24, 2.45) is 4.99 Å². The molecule has 0 amide bonds. The lowest BCUT2D eigenvalue weighted by Crippen LogP contribution is -2.50. The fraction of sp³-hybridized carbons (Fsp3) is 0.476. The first kappa shape index (κ1) is 19.5. The highest BCUT2D eigenvalue weighted by atomic mass is 32.1. The molecule has 0 spiro atoms. The van der Waals surface area contributed by atoms with Crippen molar-refractivity contribution in [3.05, 3.63) is 47.3 Å². The van der Waals surface area contributed by atoms with Crippen molar-refractivity contribution in [2.45, 2.75) is 38.8 Å². The molecule has 1 saturated heterocycles. The molecular weight excluding hydrogens is 356 g/mol. The van der Waals surface area contributed by atoms with E-state index in [9.17, 15) is 0 Å². The van der Waals surface area contributed by atoms with Gasteiger partial charge < -0.3 is 20.3 Å². The molecule has 1 aliphatic heterocycles. The topological polar surface area (TPSA) is 48.9 Å². The SMILES string of the molecule is CN=C(NCC(C)Oc1ccc(C)cc1)NC1CCN(c2cccs2)CC1. The number of hydrogen-bond donors (Lipinski definition) is 2. The number of anilines is 1. The summed E-state index contributed by atoms with van der Waals surface area (Å²) in [5, 5.41) is 10.5. The third-order valence-electron chi connectivity index (χ3n) is 4.79. The number of piperidine rings is 1. The second-order valence-electron chi connectivity index (χ2n) is 7.05. The Morgan fingerprint density at radius 1 is 1.26 bits per heavy atom. The van der Waals surface area contributed by atoms with E-state index in [0.717, 1.165) is 37.6 Å². The average Bonchev–Trinajstić information content (AvgIpc) is 3.22. The summed E-state index contributed by atoms with van der Waals surface area (Å²) in [4.78, 5) is 6.84. The summed E-state index contributed by atoms with van der Waals surface area (Å²) < 4.78 is 5.96. The molecule has 146 valence electrons. The van der Waals surface area contributed by atoms with Crippen molar-refractivity contribution in [3.63, 3.8) is 0 Å². The maximum atomic E-state index is 5.96. The quantitative estimate of drug-likeness (QED) is 0.588. The summed E-state index contributed by atoms with van der Waals surface area (Å²) in [5.74, 6) is 1.75. The summed E-state index contributed by atoms with van der Waals surface area (Å²) in [7, 11) is 1.82. The number of rotatable bonds is 6. The molecule has 3 rings (SSSR count). The standard InChI is InChI=1S/C21H30N4OS/c1-16-6-8-19(9-7-16)26-17(2)15-23-21(22-3)24-18-10-12-25(13-11-18)20-5-4-14-27-20/h4-9,14,17-18H,10-13,15H2,1-3H3,(H2,22,23,24). The van der Waals surface area contributed by atoms with Crippen molar-refractivity contribution in [1.82, 2.24) is 10.6 Å². The normalized spacial score (nSPS) is 16.9. The molecule has 1 aromatic heterocycles. The molecule has 5 nitrogen and oxygen atoms in total. The molecule has 2 heterocycles.